The van der Waals surface area contributed by atoms with Gasteiger partial charge in [0.05, 0.1) is 0 Å². The zero-order valence-electron chi connectivity index (χ0n) is 6.96. The van der Waals surface area contributed by atoms with Crippen molar-refractivity contribution in [3.8, 4) is 12.1 Å². The van der Waals surface area contributed by atoms with Crippen molar-refractivity contribution in [2.24, 2.45) is 0 Å². The molecule has 1 rings (SSSR count). The molecule has 0 radical (unpaired) electrons. The summed E-state index contributed by atoms with van der Waals surface area (Å²) in [6.07, 6.45) is 3.47. The molecule has 0 bridgehead atoms. The van der Waals surface area contributed by atoms with Crippen LogP contribution in [0.3, 0.4) is 0 Å². The second kappa shape index (κ2) is 2.71. The Morgan fingerprint density at radius 2 is 2.00 bits per heavy atom. The molecule has 0 aromatic heterocycles. The molecule has 0 saturated carbocycles. The zero-order chi connectivity index (χ0) is 9.19. The Kier molecular flexibility index (Phi) is 1.89. The maximum absolute atomic E-state index is 8.51. The van der Waals surface area contributed by atoms with Gasteiger partial charge >= 0.3 is 0 Å². The van der Waals surface area contributed by atoms with Gasteiger partial charge in [0.1, 0.15) is 23.5 Å². The minimum Gasteiger partial charge on any atom is -0.482 e. The molecule has 1 aliphatic rings. The summed E-state index contributed by atoms with van der Waals surface area (Å²) < 4.78 is 5.32. The number of allylic oxidation sites excluding steroid dienone is 2. The Balaban J connectivity index is 3.00. The van der Waals surface area contributed by atoms with Crippen LogP contribution in [-0.2, 0) is 4.74 Å². The van der Waals surface area contributed by atoms with Crippen LogP contribution in [-0.4, -0.2) is 5.60 Å². The van der Waals surface area contributed by atoms with Gasteiger partial charge in [-0.2, -0.15) is 10.5 Å². The van der Waals surface area contributed by atoms with Gasteiger partial charge in [-0.05, 0) is 26.0 Å². The summed E-state index contributed by atoms with van der Waals surface area (Å²) in [7, 11) is 0. The van der Waals surface area contributed by atoms with Crippen LogP contribution in [0.25, 0.3) is 0 Å². The van der Waals surface area contributed by atoms with Crippen LogP contribution in [0.1, 0.15) is 13.8 Å². The molecule has 1 heterocycles. The summed E-state index contributed by atoms with van der Waals surface area (Å²) in [5.41, 5.74) is -0.370. The van der Waals surface area contributed by atoms with Gasteiger partial charge < -0.3 is 4.74 Å². The second-order valence-electron chi connectivity index (χ2n) is 3.00. The molecule has 0 aromatic carbocycles. The van der Waals surface area contributed by atoms with Gasteiger partial charge in [0, 0.05) is 0 Å². The number of ether oxygens (including phenoxy) is 1. The fourth-order valence-electron chi connectivity index (χ4n) is 0.897. The summed E-state index contributed by atoms with van der Waals surface area (Å²) in [5, 5.41) is 17.0. The van der Waals surface area contributed by atoms with Crippen molar-refractivity contribution < 1.29 is 4.74 Å². The Morgan fingerprint density at radius 3 is 2.33 bits per heavy atom. The van der Waals surface area contributed by atoms with Crippen LogP contribution in [0.4, 0.5) is 0 Å². The minimum absolute atomic E-state index is 0.0248. The Morgan fingerprint density at radius 1 is 1.42 bits per heavy atom. The minimum atomic E-state index is -0.395. The number of rotatable bonds is 0. The monoisotopic (exact) mass is 160 g/mol. The molecular formula is C9H8N2O. The summed E-state index contributed by atoms with van der Waals surface area (Å²) in [6.45, 7) is 3.73. The van der Waals surface area contributed by atoms with E-state index in [1.54, 1.807) is 18.2 Å². The molecule has 3 nitrogen and oxygen atoms in total. The van der Waals surface area contributed by atoms with Crippen LogP contribution >= 0.6 is 0 Å². The van der Waals surface area contributed by atoms with E-state index in [0.29, 0.717) is 5.76 Å². The molecule has 0 aliphatic carbocycles. The van der Waals surface area contributed by atoms with Crippen molar-refractivity contribution in [1.29, 1.82) is 10.5 Å². The average molecular weight is 160 g/mol. The topological polar surface area (TPSA) is 56.8 Å². The predicted molar refractivity (Wildman–Crippen MR) is 42.6 cm³/mol. The largest absolute Gasteiger partial charge is 0.482 e. The lowest BCUT2D eigenvalue weighted by Crippen LogP contribution is -2.15. The zero-order valence-corrected chi connectivity index (χ0v) is 6.96. The summed E-state index contributed by atoms with van der Waals surface area (Å²) in [6, 6.07) is 3.55. The predicted octanol–water partition coefficient (Wildman–Crippen LogP) is 1.65. The molecule has 0 N–H and O–H groups in total. The lowest BCUT2D eigenvalue weighted by Gasteiger charge is -2.16. The smallest absolute Gasteiger partial charge is 0.171 e. The number of nitrogens with zero attached hydrogens (tertiary/aromatic N) is 2. The fraction of sp³-hybridized carbons (Fsp3) is 0.333. The maximum Gasteiger partial charge on any atom is 0.171 e. The third-order valence-electron chi connectivity index (χ3n) is 1.48. The van der Waals surface area contributed by atoms with Crippen molar-refractivity contribution in [1.82, 2.24) is 0 Å². The van der Waals surface area contributed by atoms with Gasteiger partial charge in [-0.1, -0.05) is 0 Å². The molecule has 0 saturated heterocycles. The van der Waals surface area contributed by atoms with E-state index in [0.717, 1.165) is 0 Å². The number of hydrogen-bond acceptors (Lipinski definition) is 3. The Labute approximate surface area is 71.2 Å². The Bertz CT molecular complexity index is 321. The third-order valence-corrected chi connectivity index (χ3v) is 1.48. The average Bonchev–Trinajstić information content (AvgIpc) is 2.34. The van der Waals surface area contributed by atoms with Crippen molar-refractivity contribution in [3.63, 3.8) is 0 Å². The lowest BCUT2D eigenvalue weighted by molar-refractivity contribution is 0.102. The number of nitriles is 2. The molecule has 0 spiro atoms. The highest BCUT2D eigenvalue weighted by molar-refractivity contribution is 5.44. The molecule has 0 aromatic rings. The fourth-order valence-corrected chi connectivity index (χ4v) is 0.897. The van der Waals surface area contributed by atoms with Crippen LogP contribution in [0, 0.1) is 22.7 Å². The van der Waals surface area contributed by atoms with Crippen molar-refractivity contribution in [2.75, 3.05) is 0 Å². The van der Waals surface area contributed by atoms with Crippen LogP contribution in [0.2, 0.25) is 0 Å². The number of hydrogen-bond donors (Lipinski definition) is 0. The van der Waals surface area contributed by atoms with Crippen molar-refractivity contribution in [2.45, 2.75) is 19.4 Å². The van der Waals surface area contributed by atoms with E-state index in [9.17, 15) is 0 Å². The van der Waals surface area contributed by atoms with E-state index in [4.69, 9.17) is 15.3 Å². The first-order chi connectivity index (χ1) is 5.59. The van der Waals surface area contributed by atoms with Gasteiger partial charge in [-0.25, -0.2) is 0 Å². The normalized spacial score (nSPS) is 17.8. The van der Waals surface area contributed by atoms with Gasteiger partial charge in [0.15, 0.2) is 5.57 Å². The summed E-state index contributed by atoms with van der Waals surface area (Å²) in [4.78, 5) is 0. The summed E-state index contributed by atoms with van der Waals surface area (Å²) in [5.74, 6) is 0.366. The molecule has 0 amide bonds. The second-order valence-corrected chi connectivity index (χ2v) is 3.00. The highest BCUT2D eigenvalue weighted by Crippen LogP contribution is 2.26. The van der Waals surface area contributed by atoms with E-state index < -0.39 is 5.60 Å². The maximum atomic E-state index is 8.51. The standard InChI is InChI=1S/C9H8N2O/c1-9(2)4-3-8(12-9)7(5-10)6-11/h3-4H,1-2H3. The molecule has 0 atom stereocenters. The van der Waals surface area contributed by atoms with E-state index in [1.165, 1.54) is 0 Å². The first-order valence-electron chi connectivity index (χ1n) is 3.52. The van der Waals surface area contributed by atoms with E-state index in [2.05, 4.69) is 0 Å². The van der Waals surface area contributed by atoms with E-state index in [-0.39, 0.29) is 5.57 Å². The van der Waals surface area contributed by atoms with Gasteiger partial charge in [0.2, 0.25) is 0 Å². The van der Waals surface area contributed by atoms with Gasteiger partial charge in [0.25, 0.3) is 0 Å². The quantitative estimate of drug-likeness (QED) is 0.506. The first-order valence-corrected chi connectivity index (χ1v) is 3.52. The molecule has 0 fully saturated rings. The first kappa shape index (κ1) is 8.36. The molecule has 12 heavy (non-hydrogen) atoms. The molecule has 3 heteroatoms. The van der Waals surface area contributed by atoms with Crippen molar-refractivity contribution >= 4 is 0 Å². The molecule has 60 valence electrons. The molecule has 1 aliphatic heterocycles. The lowest BCUT2D eigenvalue weighted by atomic mass is 10.1. The van der Waals surface area contributed by atoms with Crippen LogP contribution < -0.4 is 0 Å². The van der Waals surface area contributed by atoms with E-state index >= 15 is 0 Å². The molecular weight excluding hydrogens is 152 g/mol. The summed E-state index contributed by atoms with van der Waals surface area (Å²) >= 11 is 0. The van der Waals surface area contributed by atoms with Gasteiger partial charge in [-0.15, -0.1) is 0 Å². The van der Waals surface area contributed by atoms with Crippen LogP contribution in [0.15, 0.2) is 23.5 Å². The SMILES string of the molecule is CC1(C)C=CC(=C(C#N)C#N)O1. The van der Waals surface area contributed by atoms with Crippen molar-refractivity contribution in [3.05, 3.63) is 23.5 Å². The van der Waals surface area contributed by atoms with Crippen LogP contribution in [0.5, 0.6) is 0 Å². The highest BCUT2D eigenvalue weighted by Gasteiger charge is 2.24. The molecule has 0 unspecified atom stereocenters. The van der Waals surface area contributed by atoms with Gasteiger partial charge in [-0.3, -0.25) is 0 Å². The Hall–Kier alpha value is -1.74. The van der Waals surface area contributed by atoms with E-state index in [1.807, 2.05) is 19.9 Å². The highest BCUT2D eigenvalue weighted by atomic mass is 16.5. The third kappa shape index (κ3) is 1.46.